The van der Waals surface area contributed by atoms with Crippen molar-refractivity contribution in [1.29, 1.82) is 0 Å². The van der Waals surface area contributed by atoms with Gasteiger partial charge in [0, 0.05) is 22.3 Å². The first-order chi connectivity index (χ1) is 14.8. The number of halogens is 2. The van der Waals surface area contributed by atoms with Gasteiger partial charge in [0.2, 0.25) is 0 Å². The quantitative estimate of drug-likeness (QED) is 0.259. The zero-order chi connectivity index (χ0) is 22.1. The van der Waals surface area contributed by atoms with Crippen molar-refractivity contribution in [2.24, 2.45) is 0 Å². The molecule has 4 aromatic rings. The number of aryl methyl sites for hydroxylation is 2. The summed E-state index contributed by atoms with van der Waals surface area (Å²) in [6.07, 6.45) is 0. The monoisotopic (exact) mass is 474 g/mol. The van der Waals surface area contributed by atoms with E-state index >= 15 is 0 Å². The van der Waals surface area contributed by atoms with Gasteiger partial charge in [-0.3, -0.25) is 19.8 Å². The van der Waals surface area contributed by atoms with Gasteiger partial charge >= 0.3 is 5.97 Å². The van der Waals surface area contributed by atoms with Gasteiger partial charge in [-0.2, -0.15) is 0 Å². The third-order valence-corrected chi connectivity index (χ3v) is 5.36. The summed E-state index contributed by atoms with van der Waals surface area (Å²) < 4.78 is 5.42. The molecule has 0 unspecified atom stereocenters. The zero-order valence-corrected chi connectivity index (χ0v) is 18.7. The van der Waals surface area contributed by atoms with Crippen molar-refractivity contribution in [3.05, 3.63) is 108 Å². The maximum atomic E-state index is 12.5. The number of H-pyrrole nitrogens is 4. The van der Waals surface area contributed by atoms with Crippen molar-refractivity contribution in [3.8, 4) is 5.75 Å². The average molecular weight is 475 g/mol. The van der Waals surface area contributed by atoms with Crippen LogP contribution in [0.5, 0.6) is 5.75 Å². The average Bonchev–Trinajstić information content (AvgIpc) is 3.26. The number of carbonyl (C=O) groups is 1. The minimum absolute atomic E-state index is 0. The molecular weight excluding hydrogens is 455 g/mol. The highest BCUT2D eigenvalue weighted by Gasteiger charge is 2.28. The summed E-state index contributed by atoms with van der Waals surface area (Å²) in [6, 6.07) is 13.1. The van der Waals surface area contributed by atoms with E-state index in [-0.39, 0.29) is 23.5 Å². The van der Waals surface area contributed by atoms with E-state index in [2.05, 4.69) is 20.4 Å². The molecule has 0 spiro atoms. The SMILES string of the molecule is Cc1[nH][nH]c(=O)c1C(c1ccc(OC(=O)c2ccc(Cl)cc2)cc1)c1c(C)[nH][nH]c1=O.Cl. The molecule has 2 aromatic heterocycles. The second-order valence-corrected chi connectivity index (χ2v) is 7.57. The van der Waals surface area contributed by atoms with Crippen LogP contribution in [0.25, 0.3) is 0 Å². The second-order valence-electron chi connectivity index (χ2n) is 7.13. The van der Waals surface area contributed by atoms with Crippen LogP contribution in [-0.4, -0.2) is 26.4 Å². The summed E-state index contributed by atoms with van der Waals surface area (Å²) in [5.74, 6) is -0.787. The van der Waals surface area contributed by atoms with Crippen LogP contribution in [0.4, 0.5) is 0 Å². The van der Waals surface area contributed by atoms with Crippen molar-refractivity contribution in [1.82, 2.24) is 20.4 Å². The van der Waals surface area contributed by atoms with Gasteiger partial charge in [-0.1, -0.05) is 23.7 Å². The lowest BCUT2D eigenvalue weighted by atomic mass is 9.85. The summed E-state index contributed by atoms with van der Waals surface area (Å²) in [7, 11) is 0. The lowest BCUT2D eigenvalue weighted by molar-refractivity contribution is 0.0734. The van der Waals surface area contributed by atoms with E-state index in [1.165, 1.54) is 0 Å². The molecule has 0 fully saturated rings. The number of nitrogens with one attached hydrogen (secondary N) is 4. The van der Waals surface area contributed by atoms with Crippen molar-refractivity contribution in [2.45, 2.75) is 19.8 Å². The molecule has 0 saturated heterocycles. The van der Waals surface area contributed by atoms with E-state index in [0.717, 1.165) is 0 Å². The topological polar surface area (TPSA) is 124 Å². The number of hydrogen-bond acceptors (Lipinski definition) is 4. The molecule has 0 radical (unpaired) electrons. The van der Waals surface area contributed by atoms with Crippen molar-refractivity contribution in [3.63, 3.8) is 0 Å². The third kappa shape index (κ3) is 4.42. The summed E-state index contributed by atoms with van der Waals surface area (Å²) >= 11 is 5.85. The van der Waals surface area contributed by atoms with Crippen LogP contribution in [0.1, 0.15) is 44.4 Å². The van der Waals surface area contributed by atoms with Crippen LogP contribution in [0.2, 0.25) is 5.02 Å². The number of ether oxygens (including phenoxy) is 1. The van der Waals surface area contributed by atoms with Crippen molar-refractivity contribution >= 4 is 30.0 Å². The summed E-state index contributed by atoms with van der Waals surface area (Å²) in [5, 5.41) is 11.3. The lowest BCUT2D eigenvalue weighted by Gasteiger charge is -2.16. The third-order valence-electron chi connectivity index (χ3n) is 5.11. The molecule has 0 bridgehead atoms. The molecule has 0 amide bonds. The molecule has 0 saturated carbocycles. The van der Waals surface area contributed by atoms with Gasteiger partial charge < -0.3 is 14.9 Å². The van der Waals surface area contributed by atoms with Gasteiger partial charge in [-0.05, 0) is 55.8 Å². The Morgan fingerprint density at radius 1 is 0.812 bits per heavy atom. The number of benzene rings is 2. The molecule has 2 aromatic carbocycles. The second kappa shape index (κ2) is 9.33. The molecule has 0 aliphatic heterocycles. The minimum Gasteiger partial charge on any atom is -0.423 e. The Morgan fingerprint density at radius 2 is 1.31 bits per heavy atom. The maximum absolute atomic E-state index is 12.5. The van der Waals surface area contributed by atoms with Crippen molar-refractivity contribution in [2.75, 3.05) is 0 Å². The Bertz CT molecular complexity index is 1290. The highest BCUT2D eigenvalue weighted by atomic mass is 35.5. The summed E-state index contributed by atoms with van der Waals surface area (Å²) in [4.78, 5) is 37.3. The maximum Gasteiger partial charge on any atom is 0.343 e. The number of carbonyl (C=O) groups excluding carboxylic acids is 1. The molecule has 0 atom stereocenters. The highest BCUT2D eigenvalue weighted by Crippen LogP contribution is 2.32. The first-order valence-corrected chi connectivity index (χ1v) is 9.85. The zero-order valence-electron chi connectivity index (χ0n) is 17.1. The highest BCUT2D eigenvalue weighted by molar-refractivity contribution is 6.30. The largest absolute Gasteiger partial charge is 0.423 e. The van der Waals surface area contributed by atoms with Gasteiger partial charge in [0.15, 0.2) is 0 Å². The van der Waals surface area contributed by atoms with E-state index < -0.39 is 11.9 Å². The molecule has 4 N–H and O–H groups in total. The molecule has 4 rings (SSSR count). The Morgan fingerprint density at radius 3 is 1.75 bits per heavy atom. The summed E-state index contributed by atoms with van der Waals surface area (Å²) in [5.41, 5.74) is 2.61. The smallest absolute Gasteiger partial charge is 0.343 e. The van der Waals surface area contributed by atoms with Crippen LogP contribution < -0.4 is 15.9 Å². The van der Waals surface area contributed by atoms with Crippen LogP contribution in [0.3, 0.4) is 0 Å². The Hall–Kier alpha value is -3.49. The first-order valence-electron chi connectivity index (χ1n) is 9.47. The first kappa shape index (κ1) is 23.2. The van der Waals surface area contributed by atoms with Crippen LogP contribution >= 0.6 is 24.0 Å². The van der Waals surface area contributed by atoms with Gasteiger partial charge in [-0.25, -0.2) is 4.79 Å². The standard InChI is InChI=1S/C22H19ClN4O4.ClH/c1-11-17(20(28)26-24-11)19(18-12(2)25-27-21(18)29)13-5-9-16(10-6-13)31-22(30)14-3-7-15(23)8-4-14;/h3-10,19H,1-2H3,(H2,24,26,28)(H2,25,27,29);1H. The lowest BCUT2D eigenvalue weighted by Crippen LogP contribution is -2.20. The Labute approximate surface area is 193 Å². The van der Waals surface area contributed by atoms with Gasteiger partial charge in [0.1, 0.15) is 5.75 Å². The molecule has 166 valence electrons. The molecule has 8 nitrogen and oxygen atoms in total. The van der Waals surface area contributed by atoms with Crippen LogP contribution in [0.15, 0.2) is 58.1 Å². The predicted molar refractivity (Wildman–Crippen MR) is 123 cm³/mol. The molecular formula is C22H20Cl2N4O4. The van der Waals surface area contributed by atoms with E-state index in [0.29, 0.717) is 44.4 Å². The van der Waals surface area contributed by atoms with Gasteiger partial charge in [0.25, 0.3) is 11.1 Å². The predicted octanol–water partition coefficient (Wildman–Crippen LogP) is 3.81. The van der Waals surface area contributed by atoms with E-state index in [1.54, 1.807) is 62.4 Å². The Balaban J connectivity index is 0.00000289. The van der Waals surface area contributed by atoms with Crippen LogP contribution in [0, 0.1) is 13.8 Å². The Kier molecular flexibility index (Phi) is 6.76. The number of rotatable bonds is 5. The molecule has 2 heterocycles. The van der Waals surface area contributed by atoms with Gasteiger partial charge in [0.05, 0.1) is 16.7 Å². The van der Waals surface area contributed by atoms with Crippen LogP contribution in [-0.2, 0) is 0 Å². The molecule has 0 aliphatic carbocycles. The van der Waals surface area contributed by atoms with Gasteiger partial charge in [-0.15, -0.1) is 12.4 Å². The summed E-state index contributed by atoms with van der Waals surface area (Å²) in [6.45, 7) is 3.53. The number of hydrogen-bond donors (Lipinski definition) is 4. The number of aromatic nitrogens is 4. The normalized spacial score (nSPS) is 10.8. The fourth-order valence-electron chi connectivity index (χ4n) is 3.56. The fourth-order valence-corrected chi connectivity index (χ4v) is 3.69. The van der Waals surface area contributed by atoms with Crippen molar-refractivity contribution < 1.29 is 9.53 Å². The van der Waals surface area contributed by atoms with E-state index in [4.69, 9.17) is 16.3 Å². The molecule has 10 heteroatoms. The minimum atomic E-state index is -0.606. The molecule has 32 heavy (non-hydrogen) atoms. The molecule has 0 aliphatic rings. The number of esters is 1. The fraction of sp³-hybridized carbons (Fsp3) is 0.136. The number of aromatic amines is 4. The van der Waals surface area contributed by atoms with E-state index in [9.17, 15) is 14.4 Å². The van der Waals surface area contributed by atoms with E-state index in [1.807, 2.05) is 0 Å².